The molecule has 1 saturated heterocycles. The van der Waals surface area contributed by atoms with Gasteiger partial charge in [-0.3, -0.25) is 0 Å². The molecule has 6 heteroatoms. The van der Waals surface area contributed by atoms with Crippen molar-refractivity contribution in [2.75, 3.05) is 19.7 Å². The quantitative estimate of drug-likeness (QED) is 0.873. The number of halogens is 1. The van der Waals surface area contributed by atoms with Crippen LogP contribution in [0.25, 0.3) is 0 Å². The van der Waals surface area contributed by atoms with Crippen LogP contribution in [0.4, 0.5) is 9.18 Å². The monoisotopic (exact) mass is 324 g/mol. The first kappa shape index (κ1) is 17.7. The Morgan fingerprint density at radius 3 is 2.57 bits per heavy atom. The van der Waals surface area contributed by atoms with Crippen molar-refractivity contribution in [3.63, 3.8) is 0 Å². The smallest absolute Gasteiger partial charge is 0.409 e. The molecule has 0 bridgehead atoms. The number of benzene rings is 1. The van der Waals surface area contributed by atoms with Gasteiger partial charge in [-0.2, -0.15) is 0 Å². The zero-order valence-electron chi connectivity index (χ0n) is 13.7. The molecule has 128 valence electrons. The summed E-state index contributed by atoms with van der Waals surface area (Å²) in [6.45, 7) is 5.39. The number of carbonyl (C=O) groups excluding carboxylic acids is 1. The lowest BCUT2D eigenvalue weighted by Crippen LogP contribution is -2.48. The van der Waals surface area contributed by atoms with Crippen molar-refractivity contribution >= 4 is 6.09 Å². The molecule has 1 aliphatic heterocycles. The number of nitrogens with one attached hydrogen (secondary N) is 1. The molecule has 1 amide bonds. The lowest BCUT2D eigenvalue weighted by molar-refractivity contribution is 0.0872. The molecule has 0 aliphatic carbocycles. The summed E-state index contributed by atoms with van der Waals surface area (Å²) >= 11 is 0. The van der Waals surface area contributed by atoms with Gasteiger partial charge in [0, 0.05) is 25.2 Å². The molecule has 1 aliphatic rings. The highest BCUT2D eigenvalue weighted by Gasteiger charge is 2.26. The van der Waals surface area contributed by atoms with E-state index in [-0.39, 0.29) is 24.0 Å². The second-order valence-electron chi connectivity index (χ2n) is 5.91. The Bertz CT molecular complexity index is 501. The van der Waals surface area contributed by atoms with Gasteiger partial charge in [-0.25, -0.2) is 9.18 Å². The third-order valence-corrected chi connectivity index (χ3v) is 4.20. The van der Waals surface area contributed by atoms with E-state index in [9.17, 15) is 14.3 Å². The Hall–Kier alpha value is -1.66. The maximum atomic E-state index is 12.9. The van der Waals surface area contributed by atoms with Crippen LogP contribution in [0.1, 0.15) is 38.4 Å². The summed E-state index contributed by atoms with van der Waals surface area (Å²) in [4.78, 5) is 13.4. The topological polar surface area (TPSA) is 61.8 Å². The van der Waals surface area contributed by atoms with Crippen LogP contribution in [0, 0.1) is 5.82 Å². The predicted octanol–water partition coefficient (Wildman–Crippen LogP) is 2.46. The van der Waals surface area contributed by atoms with Gasteiger partial charge in [0.05, 0.1) is 12.7 Å². The largest absolute Gasteiger partial charge is 0.450 e. The molecular formula is C17H25FN2O3. The molecule has 1 fully saturated rings. The van der Waals surface area contributed by atoms with Crippen molar-refractivity contribution in [1.29, 1.82) is 0 Å². The van der Waals surface area contributed by atoms with Gasteiger partial charge in [0.15, 0.2) is 0 Å². The van der Waals surface area contributed by atoms with Crippen LogP contribution in [0.5, 0.6) is 0 Å². The zero-order valence-corrected chi connectivity index (χ0v) is 13.7. The number of carbonyl (C=O) groups is 1. The van der Waals surface area contributed by atoms with Crippen molar-refractivity contribution in [2.45, 2.75) is 44.9 Å². The number of hydrogen-bond donors (Lipinski definition) is 2. The van der Waals surface area contributed by atoms with Crippen LogP contribution in [-0.2, 0) is 4.74 Å². The van der Waals surface area contributed by atoms with Gasteiger partial charge in [0.2, 0.25) is 0 Å². The van der Waals surface area contributed by atoms with E-state index < -0.39 is 6.10 Å². The molecule has 23 heavy (non-hydrogen) atoms. The lowest BCUT2D eigenvalue weighted by atomic mass is 9.99. The van der Waals surface area contributed by atoms with Crippen molar-refractivity contribution in [2.24, 2.45) is 0 Å². The van der Waals surface area contributed by atoms with Gasteiger partial charge in [-0.1, -0.05) is 12.1 Å². The fourth-order valence-corrected chi connectivity index (χ4v) is 2.86. The van der Waals surface area contributed by atoms with Gasteiger partial charge in [-0.05, 0) is 44.4 Å². The summed E-state index contributed by atoms with van der Waals surface area (Å²) in [5.41, 5.74) is 0.690. The van der Waals surface area contributed by atoms with Gasteiger partial charge in [0.25, 0.3) is 0 Å². The highest BCUT2D eigenvalue weighted by molar-refractivity contribution is 5.67. The summed E-state index contributed by atoms with van der Waals surface area (Å²) in [5, 5.41) is 13.8. The average molecular weight is 324 g/mol. The zero-order chi connectivity index (χ0) is 16.8. The summed E-state index contributed by atoms with van der Waals surface area (Å²) < 4.78 is 17.9. The second kappa shape index (κ2) is 8.26. The molecule has 1 aromatic carbocycles. The average Bonchev–Trinajstić information content (AvgIpc) is 2.55. The Balaban J connectivity index is 1.81. The third-order valence-electron chi connectivity index (χ3n) is 4.20. The van der Waals surface area contributed by atoms with Gasteiger partial charge in [-0.15, -0.1) is 0 Å². The standard InChI is InChI=1S/C17H25FN2O3/c1-3-23-17(22)20-10-8-15(9-11-20)19-12(2)16(21)13-4-6-14(18)7-5-13/h4-7,12,15-16,19,21H,3,8-11H2,1-2H3/t12-,16+/m1/s1. The summed E-state index contributed by atoms with van der Waals surface area (Å²) in [7, 11) is 0. The minimum Gasteiger partial charge on any atom is -0.450 e. The number of aliphatic hydroxyl groups excluding tert-OH is 1. The van der Waals surface area contributed by atoms with Gasteiger partial charge >= 0.3 is 6.09 Å². The minimum atomic E-state index is -0.696. The maximum Gasteiger partial charge on any atom is 0.409 e. The Kier molecular flexibility index (Phi) is 6.36. The van der Waals surface area contributed by atoms with Crippen LogP contribution in [-0.4, -0.2) is 47.9 Å². The first-order valence-corrected chi connectivity index (χ1v) is 8.12. The van der Waals surface area contributed by atoms with Crippen molar-refractivity contribution in [1.82, 2.24) is 10.2 Å². The van der Waals surface area contributed by atoms with E-state index in [1.807, 2.05) is 6.92 Å². The Labute approximate surface area is 136 Å². The van der Waals surface area contributed by atoms with Gasteiger partial charge < -0.3 is 20.1 Å². The van der Waals surface area contributed by atoms with Crippen LogP contribution in [0.2, 0.25) is 0 Å². The SMILES string of the molecule is CCOC(=O)N1CCC(N[C@H](C)[C@H](O)c2ccc(F)cc2)CC1. The third kappa shape index (κ3) is 4.91. The Morgan fingerprint density at radius 1 is 1.39 bits per heavy atom. The van der Waals surface area contributed by atoms with E-state index >= 15 is 0 Å². The molecule has 2 N–H and O–H groups in total. The molecule has 0 saturated carbocycles. The minimum absolute atomic E-state index is 0.153. The fourth-order valence-electron chi connectivity index (χ4n) is 2.86. The molecule has 2 rings (SSSR count). The van der Waals surface area contributed by atoms with Crippen molar-refractivity contribution in [3.8, 4) is 0 Å². The molecule has 5 nitrogen and oxygen atoms in total. The lowest BCUT2D eigenvalue weighted by Gasteiger charge is -2.34. The van der Waals surface area contributed by atoms with E-state index in [0.717, 1.165) is 12.8 Å². The summed E-state index contributed by atoms with van der Waals surface area (Å²) in [6, 6.07) is 5.99. The molecule has 1 heterocycles. The molecule has 0 unspecified atom stereocenters. The first-order chi connectivity index (χ1) is 11.0. The van der Waals surface area contributed by atoms with Crippen LogP contribution in [0.15, 0.2) is 24.3 Å². The second-order valence-corrected chi connectivity index (χ2v) is 5.91. The molecule has 0 spiro atoms. The number of hydrogen-bond acceptors (Lipinski definition) is 4. The highest BCUT2D eigenvalue weighted by atomic mass is 19.1. The number of ether oxygens (including phenoxy) is 1. The molecule has 0 aromatic heterocycles. The number of likely N-dealkylation sites (tertiary alicyclic amines) is 1. The predicted molar refractivity (Wildman–Crippen MR) is 85.6 cm³/mol. The number of nitrogens with zero attached hydrogens (tertiary/aromatic N) is 1. The molecular weight excluding hydrogens is 299 g/mol. The highest BCUT2D eigenvalue weighted by Crippen LogP contribution is 2.19. The number of aliphatic hydroxyl groups is 1. The number of piperidine rings is 1. The van der Waals surface area contributed by atoms with Crippen LogP contribution >= 0.6 is 0 Å². The van der Waals surface area contributed by atoms with E-state index in [2.05, 4.69) is 5.32 Å². The summed E-state index contributed by atoms with van der Waals surface area (Å²) in [5.74, 6) is -0.312. The molecule has 2 atom stereocenters. The van der Waals surface area contributed by atoms with E-state index in [1.165, 1.54) is 12.1 Å². The van der Waals surface area contributed by atoms with Crippen molar-refractivity contribution < 1.29 is 19.0 Å². The summed E-state index contributed by atoms with van der Waals surface area (Å²) in [6.07, 6.45) is 0.683. The van der Waals surface area contributed by atoms with E-state index in [1.54, 1.807) is 24.0 Å². The first-order valence-electron chi connectivity index (χ1n) is 8.12. The van der Waals surface area contributed by atoms with E-state index in [0.29, 0.717) is 25.3 Å². The van der Waals surface area contributed by atoms with E-state index in [4.69, 9.17) is 4.74 Å². The van der Waals surface area contributed by atoms with Crippen LogP contribution in [0.3, 0.4) is 0 Å². The molecule has 1 aromatic rings. The number of rotatable bonds is 5. The fraction of sp³-hybridized carbons (Fsp3) is 0.588. The van der Waals surface area contributed by atoms with Crippen LogP contribution < -0.4 is 5.32 Å². The van der Waals surface area contributed by atoms with Gasteiger partial charge in [0.1, 0.15) is 5.82 Å². The Morgan fingerprint density at radius 2 is 2.00 bits per heavy atom. The maximum absolute atomic E-state index is 12.9. The molecule has 0 radical (unpaired) electrons. The normalized spacial score (nSPS) is 18.5. The number of amides is 1. The van der Waals surface area contributed by atoms with Crippen molar-refractivity contribution in [3.05, 3.63) is 35.6 Å².